The summed E-state index contributed by atoms with van der Waals surface area (Å²) in [5.41, 5.74) is 8.00. The Morgan fingerprint density at radius 3 is 2.48 bits per heavy atom. The normalized spacial score (nSPS) is 12.0. The highest BCUT2D eigenvalue weighted by Crippen LogP contribution is 2.30. The Kier molecular flexibility index (Phi) is 4.20. The third kappa shape index (κ3) is 3.00. The molecule has 0 amide bonds. The van der Waals surface area contributed by atoms with Gasteiger partial charge < -0.3 is 15.2 Å². The molecule has 0 saturated carbocycles. The van der Waals surface area contributed by atoms with Crippen LogP contribution in [0.15, 0.2) is 42.7 Å². The van der Waals surface area contributed by atoms with Gasteiger partial charge in [0.2, 0.25) is 0 Å². The molecule has 1 atom stereocenters. The number of aromatic nitrogens is 4. The maximum atomic E-state index is 6.28. The average Bonchev–Trinajstić information content (AvgIpc) is 3.11. The molecule has 7 heteroatoms. The lowest BCUT2D eigenvalue weighted by Gasteiger charge is -2.12. The summed E-state index contributed by atoms with van der Waals surface area (Å²) in [4.78, 5) is 8.44. The first-order chi connectivity index (χ1) is 11.2. The summed E-state index contributed by atoms with van der Waals surface area (Å²) >= 11 is 0. The van der Waals surface area contributed by atoms with Gasteiger partial charge in [0.05, 0.1) is 20.3 Å². The molecule has 0 fully saturated rings. The van der Waals surface area contributed by atoms with Crippen molar-refractivity contribution in [2.24, 2.45) is 5.73 Å². The van der Waals surface area contributed by atoms with Gasteiger partial charge in [-0.05, 0) is 29.8 Å². The molecule has 0 saturated heterocycles. The molecule has 3 aromatic rings. The molecule has 7 nitrogen and oxygen atoms in total. The Hall–Kier alpha value is -2.93. The Morgan fingerprint density at radius 1 is 1.04 bits per heavy atom. The van der Waals surface area contributed by atoms with Crippen molar-refractivity contribution in [3.8, 4) is 22.9 Å². The third-order valence-corrected chi connectivity index (χ3v) is 3.50. The van der Waals surface area contributed by atoms with Gasteiger partial charge in [0, 0.05) is 18.0 Å². The lowest BCUT2D eigenvalue weighted by molar-refractivity contribution is 0.354. The van der Waals surface area contributed by atoms with Gasteiger partial charge in [-0.2, -0.15) is 5.10 Å². The molecular formula is C16H17N5O2. The molecule has 0 spiro atoms. The SMILES string of the molecule is COc1ccc([C@H](N)c2nc(-c3ccncc3)n[nH]2)cc1OC. The number of methoxy groups -OCH3 is 2. The first-order valence-electron chi connectivity index (χ1n) is 7.03. The quantitative estimate of drug-likeness (QED) is 0.747. The van der Waals surface area contributed by atoms with Crippen LogP contribution in [0.4, 0.5) is 0 Å². The number of hydrogen-bond donors (Lipinski definition) is 2. The van der Waals surface area contributed by atoms with E-state index in [0.29, 0.717) is 23.1 Å². The van der Waals surface area contributed by atoms with Crippen LogP contribution in [0.25, 0.3) is 11.4 Å². The number of nitrogens with zero attached hydrogens (tertiary/aromatic N) is 3. The van der Waals surface area contributed by atoms with Crippen molar-refractivity contribution in [1.29, 1.82) is 0 Å². The van der Waals surface area contributed by atoms with Crippen LogP contribution < -0.4 is 15.2 Å². The van der Waals surface area contributed by atoms with Crippen molar-refractivity contribution in [1.82, 2.24) is 20.2 Å². The van der Waals surface area contributed by atoms with Crippen LogP contribution in [0.3, 0.4) is 0 Å². The zero-order valence-electron chi connectivity index (χ0n) is 12.9. The van der Waals surface area contributed by atoms with Crippen LogP contribution in [0.2, 0.25) is 0 Å². The van der Waals surface area contributed by atoms with Gasteiger partial charge in [0.25, 0.3) is 0 Å². The number of benzene rings is 1. The summed E-state index contributed by atoms with van der Waals surface area (Å²) < 4.78 is 10.5. The highest BCUT2D eigenvalue weighted by atomic mass is 16.5. The number of nitrogens with one attached hydrogen (secondary N) is 1. The third-order valence-electron chi connectivity index (χ3n) is 3.50. The van der Waals surface area contributed by atoms with Gasteiger partial charge in [-0.3, -0.25) is 10.1 Å². The molecular weight excluding hydrogens is 294 g/mol. The second kappa shape index (κ2) is 6.45. The summed E-state index contributed by atoms with van der Waals surface area (Å²) in [6.45, 7) is 0. The monoisotopic (exact) mass is 311 g/mol. The Balaban J connectivity index is 1.89. The molecule has 0 bridgehead atoms. The first kappa shape index (κ1) is 15.0. The standard InChI is InChI=1S/C16H17N5O2/c1-22-12-4-3-11(9-13(12)23-2)14(17)16-19-15(20-21-16)10-5-7-18-8-6-10/h3-9,14H,17H2,1-2H3,(H,19,20,21)/t14-/m0/s1. The molecule has 3 rings (SSSR count). The number of hydrogen-bond acceptors (Lipinski definition) is 6. The van der Waals surface area contributed by atoms with E-state index in [2.05, 4.69) is 20.2 Å². The topological polar surface area (TPSA) is 98.9 Å². The molecule has 1 aromatic carbocycles. The minimum atomic E-state index is -0.446. The molecule has 0 aliphatic heterocycles. The highest BCUT2D eigenvalue weighted by molar-refractivity contribution is 5.53. The Labute approximate surface area is 133 Å². The molecule has 3 N–H and O–H groups in total. The number of pyridine rings is 1. The van der Waals surface area contributed by atoms with Gasteiger partial charge in [-0.15, -0.1) is 0 Å². The maximum absolute atomic E-state index is 6.28. The average molecular weight is 311 g/mol. The van der Waals surface area contributed by atoms with E-state index in [9.17, 15) is 0 Å². The van der Waals surface area contributed by atoms with E-state index in [1.165, 1.54) is 0 Å². The van der Waals surface area contributed by atoms with Gasteiger partial charge in [-0.1, -0.05) is 6.07 Å². The minimum Gasteiger partial charge on any atom is -0.493 e. The van der Waals surface area contributed by atoms with E-state index in [1.54, 1.807) is 26.6 Å². The summed E-state index contributed by atoms with van der Waals surface area (Å²) in [6, 6.07) is 8.76. The van der Waals surface area contributed by atoms with Gasteiger partial charge >= 0.3 is 0 Å². The van der Waals surface area contributed by atoms with E-state index >= 15 is 0 Å². The summed E-state index contributed by atoms with van der Waals surface area (Å²) in [6.07, 6.45) is 3.39. The zero-order chi connectivity index (χ0) is 16.2. The molecule has 2 aromatic heterocycles. The van der Waals surface area contributed by atoms with Crippen molar-refractivity contribution in [2.45, 2.75) is 6.04 Å². The van der Waals surface area contributed by atoms with Crippen molar-refractivity contribution in [3.05, 3.63) is 54.1 Å². The van der Waals surface area contributed by atoms with E-state index < -0.39 is 6.04 Å². The smallest absolute Gasteiger partial charge is 0.181 e. The highest BCUT2D eigenvalue weighted by Gasteiger charge is 2.17. The molecule has 0 unspecified atom stereocenters. The van der Waals surface area contributed by atoms with Crippen LogP contribution in [0.1, 0.15) is 17.4 Å². The molecule has 118 valence electrons. The lowest BCUT2D eigenvalue weighted by Crippen LogP contribution is -2.14. The maximum Gasteiger partial charge on any atom is 0.181 e. The summed E-state index contributed by atoms with van der Waals surface area (Å²) in [5.74, 6) is 2.43. The number of rotatable bonds is 5. The molecule has 0 aliphatic rings. The molecule has 0 aliphatic carbocycles. The largest absolute Gasteiger partial charge is 0.493 e. The summed E-state index contributed by atoms with van der Waals surface area (Å²) in [5, 5.41) is 7.10. The van der Waals surface area contributed by atoms with Crippen molar-refractivity contribution >= 4 is 0 Å². The predicted molar refractivity (Wildman–Crippen MR) is 85.2 cm³/mol. The second-order valence-corrected chi connectivity index (χ2v) is 4.87. The van der Waals surface area contributed by atoms with Gasteiger partial charge in [0.1, 0.15) is 5.82 Å². The van der Waals surface area contributed by atoms with E-state index in [0.717, 1.165) is 11.1 Å². The molecule has 0 radical (unpaired) electrons. The number of nitrogens with two attached hydrogens (primary N) is 1. The van der Waals surface area contributed by atoms with Crippen LogP contribution in [0, 0.1) is 0 Å². The van der Waals surface area contributed by atoms with Crippen LogP contribution in [0.5, 0.6) is 11.5 Å². The zero-order valence-corrected chi connectivity index (χ0v) is 12.9. The van der Waals surface area contributed by atoms with Crippen LogP contribution in [-0.2, 0) is 0 Å². The number of ether oxygens (including phenoxy) is 2. The molecule has 2 heterocycles. The van der Waals surface area contributed by atoms with Crippen molar-refractivity contribution in [2.75, 3.05) is 14.2 Å². The number of H-pyrrole nitrogens is 1. The summed E-state index contributed by atoms with van der Waals surface area (Å²) in [7, 11) is 3.18. The lowest BCUT2D eigenvalue weighted by atomic mass is 10.1. The van der Waals surface area contributed by atoms with E-state index in [4.69, 9.17) is 15.2 Å². The van der Waals surface area contributed by atoms with Gasteiger partial charge in [-0.25, -0.2) is 4.98 Å². The van der Waals surface area contributed by atoms with Crippen molar-refractivity contribution < 1.29 is 9.47 Å². The number of aromatic amines is 1. The van der Waals surface area contributed by atoms with Gasteiger partial charge in [0.15, 0.2) is 17.3 Å². The van der Waals surface area contributed by atoms with Crippen LogP contribution >= 0.6 is 0 Å². The van der Waals surface area contributed by atoms with E-state index in [1.807, 2.05) is 30.3 Å². The van der Waals surface area contributed by atoms with Crippen LogP contribution in [-0.4, -0.2) is 34.4 Å². The first-order valence-corrected chi connectivity index (χ1v) is 7.03. The fraction of sp³-hybridized carbons (Fsp3) is 0.188. The predicted octanol–water partition coefficient (Wildman–Crippen LogP) is 1.93. The second-order valence-electron chi connectivity index (χ2n) is 4.87. The minimum absolute atomic E-state index is 0.446. The fourth-order valence-corrected chi connectivity index (χ4v) is 2.25. The Bertz CT molecular complexity index is 788. The van der Waals surface area contributed by atoms with E-state index in [-0.39, 0.29) is 0 Å². The van der Waals surface area contributed by atoms with Crippen molar-refractivity contribution in [3.63, 3.8) is 0 Å². The molecule has 23 heavy (non-hydrogen) atoms. The fourth-order valence-electron chi connectivity index (χ4n) is 2.25. The Morgan fingerprint density at radius 2 is 1.78 bits per heavy atom.